The number of methoxy groups -OCH3 is 1. The van der Waals surface area contributed by atoms with Crippen molar-refractivity contribution >= 4 is 40.8 Å². The molecule has 0 saturated heterocycles. The number of carbonyl (C=O) groups is 3. The number of halogens is 1. The highest BCUT2D eigenvalue weighted by molar-refractivity contribution is 6.30. The molecule has 0 unspecified atom stereocenters. The van der Waals surface area contributed by atoms with Crippen molar-refractivity contribution in [2.75, 3.05) is 17.7 Å². The molecule has 0 spiro atoms. The summed E-state index contributed by atoms with van der Waals surface area (Å²) in [6.45, 7) is 1.53. The Hall–Kier alpha value is -3.12. The number of esters is 1. The van der Waals surface area contributed by atoms with E-state index in [9.17, 15) is 14.4 Å². The monoisotopic (exact) mass is 372 g/mol. The minimum Gasteiger partial charge on any atom is -0.465 e. The Morgan fingerprint density at radius 2 is 1.46 bits per heavy atom. The summed E-state index contributed by atoms with van der Waals surface area (Å²) in [4.78, 5) is 35.5. The second-order valence-electron chi connectivity index (χ2n) is 5.35. The van der Waals surface area contributed by atoms with Crippen molar-refractivity contribution in [3.8, 4) is 0 Å². The molecule has 0 aromatic heterocycles. The second-order valence-corrected chi connectivity index (χ2v) is 5.78. The predicted octanol–water partition coefficient (Wildman–Crippen LogP) is 3.65. The van der Waals surface area contributed by atoms with Crippen molar-refractivity contribution in [1.29, 1.82) is 0 Å². The maximum atomic E-state index is 12.2. The molecular weight excluding hydrogens is 356 g/mol. The minimum atomic E-state index is -0.460. The Balaban J connectivity index is 1.97. The fourth-order valence-corrected chi connectivity index (χ4v) is 2.14. The van der Waals surface area contributed by atoms with Gasteiger partial charge in [0, 0.05) is 28.0 Å². The van der Waals surface area contributed by atoms with Crippen LogP contribution in [0.5, 0.6) is 0 Å². The van der Waals surface area contributed by atoms with E-state index in [-0.39, 0.29) is 5.57 Å². The van der Waals surface area contributed by atoms with Crippen LogP contribution < -0.4 is 10.6 Å². The number of hydrogen-bond donors (Lipinski definition) is 2. The zero-order valence-electron chi connectivity index (χ0n) is 14.2. The molecule has 134 valence electrons. The molecule has 2 aromatic carbocycles. The highest BCUT2D eigenvalue weighted by Gasteiger charge is 2.09. The zero-order chi connectivity index (χ0) is 19.1. The van der Waals surface area contributed by atoms with Crippen LogP contribution in [0.25, 0.3) is 0 Å². The quantitative estimate of drug-likeness (QED) is 0.619. The van der Waals surface area contributed by atoms with Gasteiger partial charge in [-0.15, -0.1) is 0 Å². The molecule has 0 atom stereocenters. The van der Waals surface area contributed by atoms with Crippen LogP contribution in [-0.2, 0) is 14.3 Å². The minimum absolute atomic E-state index is 0.230. The van der Waals surface area contributed by atoms with Gasteiger partial charge in [-0.1, -0.05) is 11.6 Å². The number of ether oxygens (including phenoxy) is 1. The number of amides is 2. The van der Waals surface area contributed by atoms with Crippen LogP contribution in [0.1, 0.15) is 17.3 Å². The number of carbonyl (C=O) groups excluding carboxylic acids is 3. The number of benzene rings is 2. The van der Waals surface area contributed by atoms with Crippen molar-refractivity contribution in [3.63, 3.8) is 0 Å². The van der Waals surface area contributed by atoms with E-state index in [0.29, 0.717) is 22.0 Å². The normalized spacial score (nSPS) is 10.8. The van der Waals surface area contributed by atoms with E-state index >= 15 is 0 Å². The molecule has 0 saturated carbocycles. The Bertz CT molecular complexity index is 843. The maximum absolute atomic E-state index is 12.2. The van der Waals surface area contributed by atoms with Gasteiger partial charge >= 0.3 is 5.97 Å². The lowest BCUT2D eigenvalue weighted by Crippen LogP contribution is -2.16. The summed E-state index contributed by atoms with van der Waals surface area (Å²) in [6, 6.07) is 12.8. The van der Waals surface area contributed by atoms with Crippen molar-refractivity contribution in [1.82, 2.24) is 0 Å². The summed E-state index contributed by atoms with van der Waals surface area (Å²) in [5, 5.41) is 5.85. The van der Waals surface area contributed by atoms with E-state index in [0.717, 1.165) is 0 Å². The van der Waals surface area contributed by atoms with Crippen LogP contribution in [0.2, 0.25) is 5.02 Å². The molecule has 6 nitrogen and oxygen atoms in total. The number of anilines is 2. The summed E-state index contributed by atoms with van der Waals surface area (Å²) in [7, 11) is 1.29. The molecular formula is C19H17ClN2O4. The van der Waals surface area contributed by atoms with Gasteiger partial charge in [0.1, 0.15) is 0 Å². The maximum Gasteiger partial charge on any atom is 0.337 e. The van der Waals surface area contributed by atoms with Gasteiger partial charge in [0.2, 0.25) is 5.91 Å². The first kappa shape index (κ1) is 19.2. The van der Waals surface area contributed by atoms with E-state index in [2.05, 4.69) is 15.4 Å². The lowest BCUT2D eigenvalue weighted by atomic mass is 10.2. The standard InChI is InChI=1S/C19H17ClN2O4/c1-12(11-17(23)21-15-9-5-14(20)6-10-15)18(24)22-16-7-3-13(4-8-16)19(25)26-2/h3-11H,1-2H3,(H,21,23)(H,22,24)/b12-11+. The molecule has 0 heterocycles. The fourth-order valence-electron chi connectivity index (χ4n) is 2.01. The lowest BCUT2D eigenvalue weighted by molar-refractivity contribution is -0.114. The largest absolute Gasteiger partial charge is 0.465 e. The first-order valence-corrected chi connectivity index (χ1v) is 8.01. The van der Waals surface area contributed by atoms with Gasteiger partial charge < -0.3 is 15.4 Å². The molecule has 2 amide bonds. The summed E-state index contributed by atoms with van der Waals surface area (Å²) in [5.41, 5.74) is 1.67. The Kier molecular flexibility index (Phi) is 6.52. The number of rotatable bonds is 5. The molecule has 7 heteroatoms. The first-order valence-electron chi connectivity index (χ1n) is 7.63. The molecule has 0 fully saturated rings. The van der Waals surface area contributed by atoms with Crippen LogP contribution in [-0.4, -0.2) is 24.9 Å². The third kappa shape index (κ3) is 5.46. The van der Waals surface area contributed by atoms with Crippen LogP contribution in [0.3, 0.4) is 0 Å². The SMILES string of the molecule is COC(=O)c1ccc(NC(=O)/C(C)=C/C(=O)Nc2ccc(Cl)cc2)cc1. The number of hydrogen-bond acceptors (Lipinski definition) is 4. The van der Waals surface area contributed by atoms with Gasteiger partial charge in [-0.2, -0.15) is 0 Å². The Morgan fingerprint density at radius 3 is 2.04 bits per heavy atom. The van der Waals surface area contributed by atoms with E-state index in [1.165, 1.54) is 32.2 Å². The van der Waals surface area contributed by atoms with Gasteiger partial charge in [-0.3, -0.25) is 9.59 Å². The molecule has 26 heavy (non-hydrogen) atoms. The molecule has 0 aliphatic heterocycles. The lowest BCUT2D eigenvalue weighted by Gasteiger charge is -2.07. The highest BCUT2D eigenvalue weighted by atomic mass is 35.5. The Morgan fingerprint density at radius 1 is 0.923 bits per heavy atom. The summed E-state index contributed by atoms with van der Waals surface area (Å²) >= 11 is 5.78. The molecule has 0 radical (unpaired) electrons. The average molecular weight is 373 g/mol. The molecule has 0 aliphatic carbocycles. The first-order chi connectivity index (χ1) is 12.4. The molecule has 2 aromatic rings. The highest BCUT2D eigenvalue weighted by Crippen LogP contribution is 2.14. The summed E-state index contributed by atoms with van der Waals surface area (Å²) in [5.74, 6) is -1.32. The predicted molar refractivity (Wildman–Crippen MR) is 100 cm³/mol. The molecule has 2 N–H and O–H groups in total. The summed E-state index contributed by atoms with van der Waals surface area (Å²) in [6.07, 6.45) is 1.20. The third-order valence-corrected chi connectivity index (χ3v) is 3.63. The van der Waals surface area contributed by atoms with Crippen molar-refractivity contribution in [2.45, 2.75) is 6.92 Å². The van der Waals surface area contributed by atoms with Crippen molar-refractivity contribution < 1.29 is 19.1 Å². The van der Waals surface area contributed by atoms with Gasteiger partial charge in [0.25, 0.3) is 5.91 Å². The molecule has 0 bridgehead atoms. The molecule has 2 rings (SSSR count). The van der Waals surface area contributed by atoms with E-state index in [1.807, 2.05) is 0 Å². The Labute approximate surface area is 155 Å². The van der Waals surface area contributed by atoms with Gasteiger partial charge in [-0.25, -0.2) is 4.79 Å². The van der Waals surface area contributed by atoms with Gasteiger partial charge in [-0.05, 0) is 55.5 Å². The van der Waals surface area contributed by atoms with E-state index in [1.54, 1.807) is 36.4 Å². The number of nitrogens with one attached hydrogen (secondary N) is 2. The summed E-state index contributed by atoms with van der Waals surface area (Å²) < 4.78 is 4.61. The van der Waals surface area contributed by atoms with Gasteiger partial charge in [0.05, 0.1) is 12.7 Å². The van der Waals surface area contributed by atoms with E-state index in [4.69, 9.17) is 11.6 Å². The second kappa shape index (κ2) is 8.82. The van der Waals surface area contributed by atoms with E-state index < -0.39 is 17.8 Å². The zero-order valence-corrected chi connectivity index (χ0v) is 15.0. The smallest absolute Gasteiger partial charge is 0.337 e. The van der Waals surface area contributed by atoms with Crippen LogP contribution >= 0.6 is 11.6 Å². The van der Waals surface area contributed by atoms with Crippen LogP contribution in [0.4, 0.5) is 11.4 Å². The van der Waals surface area contributed by atoms with Crippen molar-refractivity contribution in [2.24, 2.45) is 0 Å². The van der Waals surface area contributed by atoms with Crippen molar-refractivity contribution in [3.05, 3.63) is 70.8 Å². The topological polar surface area (TPSA) is 84.5 Å². The van der Waals surface area contributed by atoms with Crippen LogP contribution in [0.15, 0.2) is 60.2 Å². The molecule has 0 aliphatic rings. The van der Waals surface area contributed by atoms with Gasteiger partial charge in [0.15, 0.2) is 0 Å². The fraction of sp³-hybridized carbons (Fsp3) is 0.105. The average Bonchev–Trinajstić information content (AvgIpc) is 2.63. The van der Waals surface area contributed by atoms with Crippen LogP contribution in [0, 0.1) is 0 Å². The third-order valence-electron chi connectivity index (χ3n) is 3.38.